The number of phenols is 1. The summed E-state index contributed by atoms with van der Waals surface area (Å²) in [5, 5.41) is 48.0. The molecule has 34 heavy (non-hydrogen) atoms. The maximum absolute atomic E-state index is 12.6. The zero-order chi connectivity index (χ0) is 25.8. The SMILES string of the molecule is CO[C@H](C=CC=C(C)Cc1cc(O)cc(CO)c1)C(=O)C[C@H](O)[C@@H](C)C=C(C)[C@@H](O)CC(=O)O. The summed E-state index contributed by atoms with van der Waals surface area (Å²) >= 11 is 0. The average Bonchev–Trinajstić information content (AvgIpc) is 2.75. The van der Waals surface area contributed by atoms with E-state index in [0.29, 0.717) is 17.6 Å². The molecule has 0 fully saturated rings. The molecule has 0 amide bonds. The van der Waals surface area contributed by atoms with Crippen LogP contribution < -0.4 is 0 Å². The first-order chi connectivity index (χ1) is 16.0. The molecule has 0 spiro atoms. The van der Waals surface area contributed by atoms with Gasteiger partial charge in [-0.3, -0.25) is 9.59 Å². The Morgan fingerprint density at radius 1 is 1.09 bits per heavy atom. The Morgan fingerprint density at radius 2 is 1.74 bits per heavy atom. The zero-order valence-electron chi connectivity index (χ0n) is 20.1. The summed E-state index contributed by atoms with van der Waals surface area (Å²) < 4.78 is 5.24. The van der Waals surface area contributed by atoms with Crippen molar-refractivity contribution in [3.63, 3.8) is 0 Å². The fourth-order valence-electron chi connectivity index (χ4n) is 3.43. The summed E-state index contributed by atoms with van der Waals surface area (Å²) in [5.41, 5.74) is 2.85. The van der Waals surface area contributed by atoms with Gasteiger partial charge >= 0.3 is 5.97 Å². The standard InChI is InChI=1S/C26H36O8/c1-16(8-19-10-20(15-27)12-21(28)11-19)6-5-7-25(34-4)24(31)13-22(29)17(2)9-18(3)23(30)14-26(32)33/h5-7,9-12,17,22-23,25,27-30H,8,13-15H2,1-4H3,(H,32,33)/t17-,22-,23-,25+/m0/s1. The van der Waals surface area contributed by atoms with Gasteiger partial charge in [0.1, 0.15) is 11.9 Å². The van der Waals surface area contributed by atoms with Crippen molar-refractivity contribution in [1.82, 2.24) is 0 Å². The fourth-order valence-corrected chi connectivity index (χ4v) is 3.43. The van der Waals surface area contributed by atoms with Gasteiger partial charge in [-0.2, -0.15) is 0 Å². The molecule has 5 N–H and O–H groups in total. The third-order valence-electron chi connectivity index (χ3n) is 5.38. The number of allylic oxidation sites excluding steroid dienone is 3. The lowest BCUT2D eigenvalue weighted by Crippen LogP contribution is -2.28. The number of rotatable bonds is 14. The highest BCUT2D eigenvalue weighted by molar-refractivity contribution is 5.85. The van der Waals surface area contributed by atoms with E-state index >= 15 is 0 Å². The van der Waals surface area contributed by atoms with Crippen LogP contribution in [0.3, 0.4) is 0 Å². The predicted octanol–water partition coefficient (Wildman–Crippen LogP) is 2.68. The van der Waals surface area contributed by atoms with Crippen LogP contribution in [0.25, 0.3) is 0 Å². The molecule has 0 aromatic heterocycles. The Labute approximate surface area is 200 Å². The lowest BCUT2D eigenvalue weighted by molar-refractivity contribution is -0.138. The van der Waals surface area contributed by atoms with Crippen LogP contribution in [-0.2, 0) is 27.4 Å². The van der Waals surface area contributed by atoms with Crippen LogP contribution in [0.15, 0.2) is 53.6 Å². The van der Waals surface area contributed by atoms with Gasteiger partial charge in [0.2, 0.25) is 0 Å². The van der Waals surface area contributed by atoms with E-state index in [1.165, 1.54) is 13.2 Å². The highest BCUT2D eigenvalue weighted by Crippen LogP contribution is 2.19. The van der Waals surface area contributed by atoms with Gasteiger partial charge in [0, 0.05) is 19.4 Å². The van der Waals surface area contributed by atoms with Crippen molar-refractivity contribution in [3.8, 4) is 5.75 Å². The molecule has 1 aromatic carbocycles. The number of ether oxygens (including phenoxy) is 1. The number of carbonyl (C=O) groups is 2. The van der Waals surface area contributed by atoms with Crippen molar-refractivity contribution in [1.29, 1.82) is 0 Å². The summed E-state index contributed by atoms with van der Waals surface area (Å²) in [7, 11) is 1.40. The van der Waals surface area contributed by atoms with Gasteiger partial charge in [-0.05, 0) is 55.2 Å². The van der Waals surface area contributed by atoms with Gasteiger partial charge in [0.25, 0.3) is 0 Å². The molecule has 0 saturated heterocycles. The summed E-state index contributed by atoms with van der Waals surface area (Å²) in [5.74, 6) is -1.83. The molecule has 0 aliphatic rings. The number of aliphatic hydroxyl groups excluding tert-OH is 3. The second kappa shape index (κ2) is 14.5. The Hall–Kier alpha value is -2.78. The first-order valence-corrected chi connectivity index (χ1v) is 11.0. The van der Waals surface area contributed by atoms with Gasteiger partial charge in [0.15, 0.2) is 5.78 Å². The van der Waals surface area contributed by atoms with Crippen LogP contribution in [-0.4, -0.2) is 62.7 Å². The highest BCUT2D eigenvalue weighted by Gasteiger charge is 2.22. The maximum atomic E-state index is 12.6. The van der Waals surface area contributed by atoms with E-state index in [2.05, 4.69) is 0 Å². The number of methoxy groups -OCH3 is 1. The van der Waals surface area contributed by atoms with Crippen molar-refractivity contribution in [2.75, 3.05) is 7.11 Å². The van der Waals surface area contributed by atoms with Crippen LogP contribution in [0.2, 0.25) is 0 Å². The zero-order valence-corrected chi connectivity index (χ0v) is 20.1. The van der Waals surface area contributed by atoms with Crippen LogP contribution >= 0.6 is 0 Å². The lowest BCUT2D eigenvalue weighted by atomic mass is 9.94. The third-order valence-corrected chi connectivity index (χ3v) is 5.38. The van der Waals surface area contributed by atoms with E-state index in [9.17, 15) is 30.0 Å². The normalized spacial score (nSPS) is 16.3. The van der Waals surface area contributed by atoms with E-state index in [4.69, 9.17) is 9.84 Å². The second-order valence-corrected chi connectivity index (χ2v) is 8.52. The van der Waals surface area contributed by atoms with E-state index in [1.807, 2.05) is 19.1 Å². The molecule has 4 atom stereocenters. The Kier molecular flexibility index (Phi) is 12.5. The van der Waals surface area contributed by atoms with Gasteiger partial charge in [-0.1, -0.05) is 36.8 Å². The topological polar surface area (TPSA) is 145 Å². The minimum Gasteiger partial charge on any atom is -0.508 e. The summed E-state index contributed by atoms with van der Waals surface area (Å²) in [6.07, 6.45) is 3.59. The first-order valence-electron chi connectivity index (χ1n) is 11.0. The van der Waals surface area contributed by atoms with Crippen molar-refractivity contribution in [3.05, 3.63) is 64.8 Å². The smallest absolute Gasteiger partial charge is 0.306 e. The quantitative estimate of drug-likeness (QED) is 0.204. The lowest BCUT2D eigenvalue weighted by Gasteiger charge is -2.19. The van der Waals surface area contributed by atoms with Gasteiger partial charge in [-0.15, -0.1) is 0 Å². The van der Waals surface area contributed by atoms with Gasteiger partial charge in [-0.25, -0.2) is 0 Å². The van der Waals surface area contributed by atoms with Crippen molar-refractivity contribution < 1.29 is 39.9 Å². The molecule has 1 rings (SSSR count). The molecule has 0 unspecified atom stereocenters. The number of aliphatic carboxylic acids is 1. The summed E-state index contributed by atoms with van der Waals surface area (Å²) in [6, 6.07) is 4.94. The molecule has 0 saturated carbocycles. The van der Waals surface area contributed by atoms with E-state index in [-0.39, 0.29) is 24.6 Å². The molecular weight excluding hydrogens is 440 g/mol. The molecular formula is C26H36O8. The number of phenolic OH excluding ortho intramolecular Hbond substituents is 1. The Morgan fingerprint density at radius 3 is 2.32 bits per heavy atom. The monoisotopic (exact) mass is 476 g/mol. The number of ketones is 1. The maximum Gasteiger partial charge on any atom is 0.306 e. The number of carboxylic acids is 1. The number of aromatic hydroxyl groups is 1. The summed E-state index contributed by atoms with van der Waals surface area (Å²) in [4.78, 5) is 23.3. The fraction of sp³-hybridized carbons (Fsp3) is 0.462. The number of hydrogen-bond donors (Lipinski definition) is 5. The average molecular weight is 477 g/mol. The van der Waals surface area contributed by atoms with Crippen molar-refractivity contribution in [2.24, 2.45) is 5.92 Å². The van der Waals surface area contributed by atoms with Crippen molar-refractivity contribution in [2.45, 2.75) is 65.0 Å². The number of aliphatic hydroxyl groups is 3. The summed E-state index contributed by atoms with van der Waals surface area (Å²) in [6.45, 7) is 5.00. The minimum atomic E-state index is -1.15. The van der Waals surface area contributed by atoms with Crippen LogP contribution in [0.5, 0.6) is 5.75 Å². The van der Waals surface area contributed by atoms with E-state index in [1.54, 1.807) is 38.1 Å². The number of carboxylic acid groups (broad SMARTS) is 1. The number of Topliss-reactive ketones (excluding diaryl/α,β-unsaturated/α-hetero) is 1. The number of carbonyl (C=O) groups excluding carboxylic acids is 1. The van der Waals surface area contributed by atoms with Crippen LogP contribution in [0.1, 0.15) is 44.7 Å². The van der Waals surface area contributed by atoms with Crippen LogP contribution in [0, 0.1) is 5.92 Å². The molecule has 0 bridgehead atoms. The van der Waals surface area contributed by atoms with Crippen LogP contribution in [0.4, 0.5) is 0 Å². The van der Waals surface area contributed by atoms with E-state index < -0.39 is 36.6 Å². The van der Waals surface area contributed by atoms with Gasteiger partial charge < -0.3 is 30.3 Å². The number of hydrogen-bond acceptors (Lipinski definition) is 7. The van der Waals surface area contributed by atoms with E-state index in [0.717, 1.165) is 11.1 Å². The second-order valence-electron chi connectivity index (χ2n) is 8.52. The molecule has 8 nitrogen and oxygen atoms in total. The molecule has 0 aliphatic heterocycles. The minimum absolute atomic E-state index is 0.0872. The predicted molar refractivity (Wildman–Crippen MR) is 128 cm³/mol. The molecule has 1 aromatic rings. The first kappa shape index (κ1) is 29.3. The third kappa shape index (κ3) is 10.4. The molecule has 188 valence electrons. The molecule has 8 heteroatoms. The highest BCUT2D eigenvalue weighted by atomic mass is 16.5. The van der Waals surface area contributed by atoms with Gasteiger partial charge in [0.05, 0.1) is 25.2 Å². The Bertz CT molecular complexity index is 915. The molecule has 0 heterocycles. The Balaban J connectivity index is 2.72. The van der Waals surface area contributed by atoms with Crippen molar-refractivity contribution >= 4 is 11.8 Å². The number of benzene rings is 1. The molecule has 0 aliphatic carbocycles. The molecule has 0 radical (unpaired) electrons. The largest absolute Gasteiger partial charge is 0.508 e.